The number of nitrogens with zero attached hydrogens (tertiary/aromatic N) is 1. The summed E-state index contributed by atoms with van der Waals surface area (Å²) in [6.07, 6.45) is 4.95. The van der Waals surface area contributed by atoms with Crippen LogP contribution in [0.5, 0.6) is 0 Å². The van der Waals surface area contributed by atoms with E-state index in [1.54, 1.807) is 48.0 Å². The summed E-state index contributed by atoms with van der Waals surface area (Å²) in [4.78, 5) is 29.0. The van der Waals surface area contributed by atoms with Gasteiger partial charge >= 0.3 is 0 Å². The lowest BCUT2D eigenvalue weighted by atomic mass is 10.1. The summed E-state index contributed by atoms with van der Waals surface area (Å²) >= 11 is 1.38. The van der Waals surface area contributed by atoms with Gasteiger partial charge in [-0.3, -0.25) is 14.3 Å². The Morgan fingerprint density at radius 3 is 2.53 bits per heavy atom. The molecule has 0 unspecified atom stereocenters. The zero-order valence-corrected chi connectivity index (χ0v) is 20.3. The molecule has 0 radical (unpaired) electrons. The molecule has 2 heterocycles. The van der Waals surface area contributed by atoms with Crippen LogP contribution in [0.4, 0.5) is 11.4 Å². The smallest absolute Gasteiger partial charge is 0.261 e. The van der Waals surface area contributed by atoms with Crippen molar-refractivity contribution in [1.82, 2.24) is 10.3 Å². The van der Waals surface area contributed by atoms with Crippen molar-refractivity contribution in [2.24, 2.45) is 0 Å². The van der Waals surface area contributed by atoms with Gasteiger partial charge in [-0.1, -0.05) is 13.8 Å². The van der Waals surface area contributed by atoms with Gasteiger partial charge in [0.05, 0.1) is 10.5 Å². The number of hydrogen-bond donors (Lipinski definition) is 3. The van der Waals surface area contributed by atoms with E-state index < -0.39 is 10.0 Å². The zero-order valence-electron chi connectivity index (χ0n) is 18.7. The molecule has 2 aromatic carbocycles. The molecule has 10 heteroatoms. The minimum Gasteiger partial charge on any atom is -0.349 e. The monoisotopic (exact) mass is 496 g/mol. The van der Waals surface area contributed by atoms with E-state index in [0.717, 1.165) is 12.8 Å². The Labute approximate surface area is 202 Å². The van der Waals surface area contributed by atoms with Crippen molar-refractivity contribution in [2.45, 2.75) is 37.6 Å². The van der Waals surface area contributed by atoms with Crippen molar-refractivity contribution in [2.75, 3.05) is 10.0 Å². The number of hydrogen-bond acceptors (Lipinski definition) is 6. The number of anilines is 2. The van der Waals surface area contributed by atoms with Crippen LogP contribution in [0.1, 0.15) is 47.6 Å². The summed E-state index contributed by atoms with van der Waals surface area (Å²) in [5, 5.41) is 8.14. The topological polar surface area (TPSA) is 117 Å². The minimum atomic E-state index is -3.93. The summed E-state index contributed by atoms with van der Waals surface area (Å²) < 4.78 is 28.6. The van der Waals surface area contributed by atoms with E-state index in [4.69, 9.17) is 0 Å². The predicted molar refractivity (Wildman–Crippen MR) is 134 cm³/mol. The molecule has 3 aromatic rings. The zero-order chi connectivity index (χ0) is 24.3. The SMILES string of the molecule is CCC(CC)NC(=O)c1ccc(NS(=O)(=O)c2ccc3c(c2)/C(=C\c2nccs2)C(=O)N3)cc1. The third-order valence-electron chi connectivity index (χ3n) is 5.52. The molecule has 4 rings (SSSR count). The molecule has 34 heavy (non-hydrogen) atoms. The van der Waals surface area contributed by atoms with Gasteiger partial charge in [-0.2, -0.15) is 0 Å². The number of aromatic nitrogens is 1. The van der Waals surface area contributed by atoms with Crippen LogP contribution in [0.15, 0.2) is 58.9 Å². The van der Waals surface area contributed by atoms with Crippen LogP contribution < -0.4 is 15.4 Å². The molecule has 1 aliphatic rings. The quantitative estimate of drug-likeness (QED) is 0.401. The van der Waals surface area contributed by atoms with Gasteiger partial charge in [0.1, 0.15) is 5.01 Å². The van der Waals surface area contributed by atoms with Gasteiger partial charge in [0.25, 0.3) is 21.8 Å². The number of thiazole rings is 1. The first-order chi connectivity index (χ1) is 16.3. The summed E-state index contributed by atoms with van der Waals surface area (Å²) in [6.45, 7) is 4.02. The molecule has 3 N–H and O–H groups in total. The Bertz CT molecular complexity index is 1340. The minimum absolute atomic E-state index is 0.0170. The van der Waals surface area contributed by atoms with E-state index in [1.165, 1.54) is 23.5 Å². The van der Waals surface area contributed by atoms with Crippen molar-refractivity contribution in [3.05, 3.63) is 70.2 Å². The average molecular weight is 497 g/mol. The van der Waals surface area contributed by atoms with E-state index in [9.17, 15) is 18.0 Å². The molecule has 0 fully saturated rings. The van der Waals surface area contributed by atoms with E-state index in [1.807, 2.05) is 13.8 Å². The van der Waals surface area contributed by atoms with Gasteiger partial charge in [-0.25, -0.2) is 13.4 Å². The number of carbonyl (C=O) groups is 2. The summed E-state index contributed by atoms with van der Waals surface area (Å²) in [5.41, 5.74) is 2.17. The highest BCUT2D eigenvalue weighted by Crippen LogP contribution is 2.35. The largest absolute Gasteiger partial charge is 0.349 e. The van der Waals surface area contributed by atoms with Crippen LogP contribution in [0.25, 0.3) is 11.6 Å². The molecule has 2 amide bonds. The maximum Gasteiger partial charge on any atom is 0.261 e. The molecule has 0 saturated heterocycles. The maximum absolute atomic E-state index is 13.0. The van der Waals surface area contributed by atoms with Crippen molar-refractivity contribution in [1.29, 1.82) is 0 Å². The molecule has 176 valence electrons. The van der Waals surface area contributed by atoms with E-state index >= 15 is 0 Å². The summed E-state index contributed by atoms with van der Waals surface area (Å²) in [6, 6.07) is 10.8. The van der Waals surface area contributed by atoms with Crippen LogP contribution in [-0.4, -0.2) is 31.3 Å². The van der Waals surface area contributed by atoms with Gasteiger partial charge in [-0.05, 0) is 61.4 Å². The van der Waals surface area contributed by atoms with Gasteiger partial charge in [0, 0.05) is 40.1 Å². The second kappa shape index (κ2) is 9.78. The summed E-state index contributed by atoms with van der Waals surface area (Å²) in [5.74, 6) is -0.506. The molecule has 0 atom stereocenters. The maximum atomic E-state index is 13.0. The second-order valence-corrected chi connectivity index (χ2v) is 10.4. The molecular formula is C24H24N4O4S2. The Morgan fingerprint density at radius 2 is 1.88 bits per heavy atom. The summed E-state index contributed by atoms with van der Waals surface area (Å²) in [7, 11) is -3.93. The first-order valence-corrected chi connectivity index (χ1v) is 13.2. The van der Waals surface area contributed by atoms with Crippen LogP contribution >= 0.6 is 11.3 Å². The fourth-order valence-electron chi connectivity index (χ4n) is 3.57. The second-order valence-electron chi connectivity index (χ2n) is 7.76. The number of carbonyl (C=O) groups excluding carboxylic acids is 2. The van der Waals surface area contributed by atoms with Crippen LogP contribution in [0.2, 0.25) is 0 Å². The molecule has 8 nitrogen and oxygen atoms in total. The lowest BCUT2D eigenvalue weighted by Gasteiger charge is -2.15. The van der Waals surface area contributed by atoms with Gasteiger partial charge in [0.2, 0.25) is 0 Å². The molecule has 1 aliphatic heterocycles. The molecular weight excluding hydrogens is 472 g/mol. The number of fused-ring (bicyclic) bond motifs is 1. The van der Waals surface area contributed by atoms with Crippen LogP contribution in [0.3, 0.4) is 0 Å². The highest BCUT2D eigenvalue weighted by Gasteiger charge is 2.27. The Kier molecular flexibility index (Phi) is 6.80. The Morgan fingerprint density at radius 1 is 1.15 bits per heavy atom. The van der Waals surface area contributed by atoms with Gasteiger partial charge in [-0.15, -0.1) is 11.3 Å². The number of benzene rings is 2. The average Bonchev–Trinajstić information content (AvgIpc) is 3.45. The number of nitrogens with one attached hydrogen (secondary N) is 3. The molecule has 0 saturated carbocycles. The number of amides is 2. The lowest BCUT2D eigenvalue weighted by molar-refractivity contribution is -0.110. The first-order valence-electron chi connectivity index (χ1n) is 10.8. The molecule has 0 bridgehead atoms. The fourth-order valence-corrected chi connectivity index (χ4v) is 5.23. The van der Waals surface area contributed by atoms with Crippen LogP contribution in [-0.2, 0) is 14.8 Å². The first kappa shape index (κ1) is 23.7. The van der Waals surface area contributed by atoms with E-state index in [-0.39, 0.29) is 22.8 Å². The normalized spacial score (nSPS) is 14.2. The Hall–Kier alpha value is -3.50. The van der Waals surface area contributed by atoms with Crippen molar-refractivity contribution in [3.63, 3.8) is 0 Å². The van der Waals surface area contributed by atoms with E-state index in [0.29, 0.717) is 33.1 Å². The molecule has 0 spiro atoms. The van der Waals surface area contributed by atoms with Gasteiger partial charge in [0.15, 0.2) is 0 Å². The van der Waals surface area contributed by atoms with Crippen molar-refractivity contribution in [3.8, 4) is 0 Å². The third-order valence-corrected chi connectivity index (χ3v) is 7.63. The molecule has 0 aliphatic carbocycles. The van der Waals surface area contributed by atoms with E-state index in [2.05, 4.69) is 20.3 Å². The van der Waals surface area contributed by atoms with Crippen molar-refractivity contribution >= 4 is 56.2 Å². The third kappa shape index (κ3) is 5.02. The highest BCUT2D eigenvalue weighted by molar-refractivity contribution is 7.92. The fraction of sp³-hybridized carbons (Fsp3) is 0.208. The highest BCUT2D eigenvalue weighted by atomic mass is 32.2. The van der Waals surface area contributed by atoms with Crippen molar-refractivity contribution < 1.29 is 18.0 Å². The van der Waals surface area contributed by atoms with Gasteiger partial charge < -0.3 is 10.6 Å². The predicted octanol–water partition coefficient (Wildman–Crippen LogP) is 4.36. The standard InChI is InChI=1S/C24H24N4O4S2/c1-3-16(4-2)26-23(29)15-5-7-17(8-6-15)28-34(31,32)18-9-10-21-19(13-18)20(24(30)27-21)14-22-25-11-12-33-22/h5-14,16,28H,3-4H2,1-2H3,(H,26,29)(H,27,30)/b20-14+. The number of rotatable bonds is 8. The molecule has 1 aromatic heterocycles. The van der Waals surface area contributed by atoms with Crippen LogP contribution in [0, 0.1) is 0 Å². The number of sulfonamides is 1. The Balaban J connectivity index is 1.54. The lowest BCUT2D eigenvalue weighted by Crippen LogP contribution is -2.33.